The molecule has 1 fully saturated rings. The number of carbonyl (C=O) groups excluding carboxylic acids is 1. The number of benzene rings is 2. The summed E-state index contributed by atoms with van der Waals surface area (Å²) in [6.07, 6.45) is -3.89. The highest BCUT2D eigenvalue weighted by molar-refractivity contribution is 5.76. The highest BCUT2D eigenvalue weighted by Gasteiger charge is 2.41. The standard InChI is InChI=1S/C25H25F4N5O/c1-33-12-18(17-4-2-3-5-20(17)25(27,28)29)22(14-33)30-24(35)34-11-10-21-19(13-34)23(32-31-21)15-6-8-16(26)9-7-15/h2-9,18,22H,10-14H2,1H3,(H,30,35)(H,31,32). The number of amides is 2. The lowest BCUT2D eigenvalue weighted by Crippen LogP contribution is -2.48. The van der Waals surface area contributed by atoms with Gasteiger partial charge >= 0.3 is 12.2 Å². The molecule has 1 saturated heterocycles. The van der Waals surface area contributed by atoms with Gasteiger partial charge in [0.25, 0.3) is 0 Å². The molecule has 0 bridgehead atoms. The molecule has 0 spiro atoms. The highest BCUT2D eigenvalue weighted by Crippen LogP contribution is 2.38. The molecule has 2 N–H and O–H groups in total. The van der Waals surface area contributed by atoms with Crippen LogP contribution in [0.1, 0.15) is 28.3 Å². The Hall–Kier alpha value is -3.40. The molecule has 2 unspecified atom stereocenters. The van der Waals surface area contributed by atoms with Crippen LogP contribution in [0.15, 0.2) is 48.5 Å². The van der Waals surface area contributed by atoms with Gasteiger partial charge in [0.05, 0.1) is 23.8 Å². The van der Waals surface area contributed by atoms with Crippen LogP contribution in [0.25, 0.3) is 11.3 Å². The Kier molecular flexibility index (Phi) is 6.00. The summed E-state index contributed by atoms with van der Waals surface area (Å²) in [6, 6.07) is 10.8. The van der Waals surface area contributed by atoms with Gasteiger partial charge in [0, 0.05) is 48.8 Å². The van der Waals surface area contributed by atoms with Gasteiger partial charge in [0.1, 0.15) is 5.82 Å². The molecule has 0 aliphatic carbocycles. The Bertz CT molecular complexity index is 1220. The van der Waals surface area contributed by atoms with Crippen LogP contribution in [0.3, 0.4) is 0 Å². The smallest absolute Gasteiger partial charge is 0.333 e. The van der Waals surface area contributed by atoms with E-state index < -0.39 is 23.7 Å². The van der Waals surface area contributed by atoms with Crippen molar-refractivity contribution in [1.29, 1.82) is 0 Å². The third-order valence-corrected chi connectivity index (χ3v) is 6.82. The first-order valence-corrected chi connectivity index (χ1v) is 11.4. The van der Waals surface area contributed by atoms with Crippen molar-refractivity contribution < 1.29 is 22.4 Å². The van der Waals surface area contributed by atoms with Crippen LogP contribution < -0.4 is 5.32 Å². The van der Waals surface area contributed by atoms with Crippen molar-refractivity contribution >= 4 is 6.03 Å². The van der Waals surface area contributed by atoms with E-state index in [0.717, 1.165) is 22.9 Å². The van der Waals surface area contributed by atoms with E-state index in [9.17, 15) is 22.4 Å². The third-order valence-electron chi connectivity index (χ3n) is 6.82. The molecular formula is C25H25F4N5O. The highest BCUT2D eigenvalue weighted by atomic mass is 19.4. The average Bonchev–Trinajstić information content (AvgIpc) is 3.41. The number of nitrogens with zero attached hydrogens (tertiary/aromatic N) is 3. The Balaban J connectivity index is 1.34. The molecular weight excluding hydrogens is 462 g/mol. The molecule has 35 heavy (non-hydrogen) atoms. The monoisotopic (exact) mass is 487 g/mol. The summed E-state index contributed by atoms with van der Waals surface area (Å²) >= 11 is 0. The van der Waals surface area contributed by atoms with Crippen LogP contribution in [0.5, 0.6) is 0 Å². The third kappa shape index (κ3) is 4.62. The van der Waals surface area contributed by atoms with Gasteiger partial charge in [-0.3, -0.25) is 5.10 Å². The zero-order chi connectivity index (χ0) is 24.7. The van der Waals surface area contributed by atoms with E-state index in [0.29, 0.717) is 38.3 Å². The van der Waals surface area contributed by atoms with E-state index in [-0.39, 0.29) is 17.4 Å². The van der Waals surface area contributed by atoms with E-state index in [1.165, 1.54) is 24.3 Å². The maximum absolute atomic E-state index is 13.7. The predicted octanol–water partition coefficient (Wildman–Crippen LogP) is 4.40. The Morgan fingerprint density at radius 2 is 1.86 bits per heavy atom. The summed E-state index contributed by atoms with van der Waals surface area (Å²) in [4.78, 5) is 16.8. The molecule has 0 saturated carbocycles. The minimum Gasteiger partial charge on any atom is -0.333 e. The summed E-state index contributed by atoms with van der Waals surface area (Å²) in [7, 11) is 1.84. The van der Waals surface area contributed by atoms with Gasteiger partial charge in [-0.1, -0.05) is 18.2 Å². The summed E-state index contributed by atoms with van der Waals surface area (Å²) in [5.41, 5.74) is 2.72. The van der Waals surface area contributed by atoms with Gasteiger partial charge in [-0.25, -0.2) is 9.18 Å². The molecule has 3 aromatic rings. The Morgan fingerprint density at radius 3 is 2.60 bits per heavy atom. The maximum Gasteiger partial charge on any atom is 0.416 e. The minimum absolute atomic E-state index is 0.198. The van der Waals surface area contributed by atoms with Crippen molar-refractivity contribution in [2.75, 3.05) is 26.7 Å². The number of carbonyl (C=O) groups is 1. The number of hydrogen-bond donors (Lipinski definition) is 2. The fraction of sp³-hybridized carbons (Fsp3) is 0.360. The van der Waals surface area contributed by atoms with Gasteiger partial charge < -0.3 is 15.1 Å². The second-order valence-electron chi connectivity index (χ2n) is 9.18. The molecule has 6 nitrogen and oxygen atoms in total. The molecule has 0 radical (unpaired) electrons. The number of halogens is 4. The van der Waals surface area contributed by atoms with Gasteiger partial charge in [0.2, 0.25) is 0 Å². The predicted molar refractivity (Wildman–Crippen MR) is 122 cm³/mol. The maximum atomic E-state index is 13.7. The topological polar surface area (TPSA) is 64.3 Å². The first-order chi connectivity index (χ1) is 16.7. The number of nitrogens with one attached hydrogen (secondary N) is 2. The van der Waals surface area contributed by atoms with Crippen LogP contribution in [0.2, 0.25) is 0 Å². The summed E-state index contributed by atoms with van der Waals surface area (Å²) in [5.74, 6) is -0.826. The van der Waals surface area contributed by atoms with Gasteiger partial charge in [-0.15, -0.1) is 0 Å². The fourth-order valence-electron chi connectivity index (χ4n) is 5.11. The second kappa shape index (κ2) is 8.99. The molecule has 10 heteroatoms. The van der Waals surface area contributed by atoms with Gasteiger partial charge in [-0.05, 0) is 42.9 Å². The number of urea groups is 1. The molecule has 2 aliphatic heterocycles. The molecule has 184 valence electrons. The lowest BCUT2D eigenvalue weighted by molar-refractivity contribution is -0.138. The number of aromatic nitrogens is 2. The number of likely N-dealkylation sites (tertiary alicyclic amines) is 1. The van der Waals surface area contributed by atoms with Crippen molar-refractivity contribution in [2.24, 2.45) is 0 Å². The van der Waals surface area contributed by atoms with E-state index in [2.05, 4.69) is 15.5 Å². The molecule has 1 aromatic heterocycles. The van der Waals surface area contributed by atoms with Crippen LogP contribution in [-0.4, -0.2) is 58.8 Å². The zero-order valence-corrected chi connectivity index (χ0v) is 19.1. The van der Waals surface area contributed by atoms with Crippen molar-refractivity contribution in [3.63, 3.8) is 0 Å². The largest absolute Gasteiger partial charge is 0.416 e. The number of aromatic amines is 1. The van der Waals surface area contributed by atoms with Crippen LogP contribution >= 0.6 is 0 Å². The molecule has 2 amide bonds. The average molecular weight is 488 g/mol. The first-order valence-electron chi connectivity index (χ1n) is 11.4. The van der Waals surface area contributed by atoms with Gasteiger partial charge in [0.15, 0.2) is 0 Å². The van der Waals surface area contributed by atoms with Crippen LogP contribution in [0, 0.1) is 5.82 Å². The number of alkyl halides is 3. The number of fused-ring (bicyclic) bond motifs is 1. The van der Waals surface area contributed by atoms with Crippen LogP contribution in [0.4, 0.5) is 22.4 Å². The lowest BCUT2D eigenvalue weighted by atomic mass is 9.90. The molecule has 2 aromatic carbocycles. The second-order valence-corrected chi connectivity index (χ2v) is 9.18. The summed E-state index contributed by atoms with van der Waals surface area (Å²) in [6.45, 7) is 1.62. The molecule has 2 atom stereocenters. The van der Waals surface area contributed by atoms with Crippen molar-refractivity contribution in [1.82, 2.24) is 25.3 Å². The number of hydrogen-bond acceptors (Lipinski definition) is 3. The quantitative estimate of drug-likeness (QED) is 0.539. The normalized spacial score (nSPS) is 20.7. The number of H-pyrrole nitrogens is 1. The van der Waals surface area contributed by atoms with E-state index in [4.69, 9.17) is 0 Å². The van der Waals surface area contributed by atoms with Crippen molar-refractivity contribution in [2.45, 2.75) is 31.1 Å². The Labute approximate surface area is 199 Å². The molecule has 2 aliphatic rings. The molecule has 5 rings (SSSR count). The van der Waals surface area contributed by atoms with E-state index in [1.807, 2.05) is 11.9 Å². The van der Waals surface area contributed by atoms with Crippen LogP contribution in [-0.2, 0) is 19.1 Å². The zero-order valence-electron chi connectivity index (χ0n) is 19.1. The minimum atomic E-state index is -4.46. The SMILES string of the molecule is CN1CC(NC(=O)N2CCc3[nH]nc(-c4ccc(F)cc4)c3C2)C(c2ccccc2C(F)(F)F)C1. The fourth-order valence-corrected chi connectivity index (χ4v) is 5.11. The number of likely N-dealkylation sites (N-methyl/N-ethyl adjacent to an activating group) is 1. The number of rotatable bonds is 3. The van der Waals surface area contributed by atoms with Crippen molar-refractivity contribution in [3.8, 4) is 11.3 Å². The summed E-state index contributed by atoms with van der Waals surface area (Å²) < 4.78 is 54.3. The van der Waals surface area contributed by atoms with E-state index in [1.54, 1.807) is 23.1 Å². The van der Waals surface area contributed by atoms with Gasteiger partial charge in [-0.2, -0.15) is 18.3 Å². The van der Waals surface area contributed by atoms with Crippen molar-refractivity contribution in [3.05, 3.63) is 76.7 Å². The summed E-state index contributed by atoms with van der Waals surface area (Å²) in [5, 5.41) is 10.4. The first kappa shape index (κ1) is 23.3. The Morgan fingerprint density at radius 1 is 1.11 bits per heavy atom. The van der Waals surface area contributed by atoms with E-state index >= 15 is 0 Å². The lowest BCUT2D eigenvalue weighted by Gasteiger charge is -2.30. The molecule has 3 heterocycles.